The van der Waals surface area contributed by atoms with Gasteiger partial charge < -0.3 is 0 Å². The third-order valence-electron chi connectivity index (χ3n) is 3.32. The molecule has 1 rings (SSSR count). The molecule has 0 aromatic carbocycles. The molecule has 0 N–H and O–H groups in total. The highest BCUT2D eigenvalue weighted by molar-refractivity contribution is 5.24. The second kappa shape index (κ2) is 4.16. The Morgan fingerprint density at radius 2 is 1.79 bits per heavy atom. The summed E-state index contributed by atoms with van der Waals surface area (Å²) in [7, 11) is 2.02. The lowest BCUT2D eigenvalue weighted by Crippen LogP contribution is -2.08. The number of aryl methyl sites for hydroxylation is 2. The van der Waals surface area contributed by atoms with Crippen LogP contribution in [-0.4, -0.2) is 9.78 Å². The fourth-order valence-electron chi connectivity index (χ4n) is 1.67. The van der Waals surface area contributed by atoms with Crippen molar-refractivity contribution in [3.05, 3.63) is 17.0 Å². The first kappa shape index (κ1) is 11.3. The first-order chi connectivity index (χ1) is 6.43. The summed E-state index contributed by atoms with van der Waals surface area (Å²) in [6.07, 6.45) is 1.16. The summed E-state index contributed by atoms with van der Waals surface area (Å²) in [4.78, 5) is 0. The van der Waals surface area contributed by atoms with Gasteiger partial charge in [0.2, 0.25) is 0 Å². The van der Waals surface area contributed by atoms with Gasteiger partial charge in [0.05, 0.1) is 5.69 Å². The zero-order chi connectivity index (χ0) is 10.9. The Balaban J connectivity index is 2.86. The summed E-state index contributed by atoms with van der Waals surface area (Å²) in [5.41, 5.74) is 3.95. The van der Waals surface area contributed by atoms with E-state index in [1.165, 1.54) is 17.0 Å². The molecule has 0 aliphatic carbocycles. The number of hydrogen-bond acceptors (Lipinski definition) is 1. The normalized spacial score (nSPS) is 13.6. The fraction of sp³-hybridized carbons (Fsp3) is 0.750. The van der Waals surface area contributed by atoms with Crippen LogP contribution >= 0.6 is 0 Å². The summed E-state index contributed by atoms with van der Waals surface area (Å²) in [6.45, 7) is 11.1. The van der Waals surface area contributed by atoms with Gasteiger partial charge in [-0.05, 0) is 37.7 Å². The van der Waals surface area contributed by atoms with Gasteiger partial charge in [0.15, 0.2) is 0 Å². The molecule has 1 heterocycles. The van der Waals surface area contributed by atoms with E-state index in [1.54, 1.807) is 0 Å². The van der Waals surface area contributed by atoms with Crippen molar-refractivity contribution >= 4 is 0 Å². The van der Waals surface area contributed by atoms with Crippen molar-refractivity contribution in [1.29, 1.82) is 0 Å². The number of aromatic nitrogens is 2. The molecule has 0 bridgehead atoms. The number of nitrogens with zero attached hydrogens (tertiary/aromatic N) is 2. The Hall–Kier alpha value is -0.790. The highest BCUT2D eigenvalue weighted by Gasteiger charge is 2.14. The molecule has 0 fully saturated rings. The molecule has 1 aromatic heterocycles. The molecule has 0 aliphatic heterocycles. The summed E-state index contributed by atoms with van der Waals surface area (Å²) >= 11 is 0. The van der Waals surface area contributed by atoms with E-state index in [2.05, 4.69) is 39.7 Å². The van der Waals surface area contributed by atoms with E-state index >= 15 is 0 Å². The van der Waals surface area contributed by atoms with E-state index in [0.29, 0.717) is 0 Å². The molecule has 14 heavy (non-hydrogen) atoms. The largest absolute Gasteiger partial charge is 0.272 e. The topological polar surface area (TPSA) is 17.8 Å². The predicted molar refractivity (Wildman–Crippen MR) is 60.4 cm³/mol. The minimum absolute atomic E-state index is 0.733. The van der Waals surface area contributed by atoms with Crippen LogP contribution in [0.5, 0.6) is 0 Å². The Kier molecular flexibility index (Phi) is 3.35. The van der Waals surface area contributed by atoms with E-state index < -0.39 is 0 Å². The van der Waals surface area contributed by atoms with Gasteiger partial charge >= 0.3 is 0 Å². The van der Waals surface area contributed by atoms with Gasteiger partial charge in [-0.1, -0.05) is 20.8 Å². The summed E-state index contributed by atoms with van der Waals surface area (Å²) in [5, 5.41) is 4.44. The average Bonchev–Trinajstić information content (AvgIpc) is 2.32. The van der Waals surface area contributed by atoms with Crippen molar-refractivity contribution in [2.75, 3.05) is 0 Å². The van der Waals surface area contributed by atoms with Gasteiger partial charge in [-0.3, -0.25) is 4.68 Å². The van der Waals surface area contributed by atoms with Gasteiger partial charge in [-0.2, -0.15) is 5.10 Å². The van der Waals surface area contributed by atoms with Crippen molar-refractivity contribution in [2.45, 2.75) is 41.0 Å². The second-order valence-corrected chi connectivity index (χ2v) is 4.70. The molecule has 1 unspecified atom stereocenters. The van der Waals surface area contributed by atoms with Crippen LogP contribution in [0.25, 0.3) is 0 Å². The van der Waals surface area contributed by atoms with Gasteiger partial charge in [0.25, 0.3) is 0 Å². The lowest BCUT2D eigenvalue weighted by atomic mass is 9.90. The Bertz CT molecular complexity index is 310. The molecular weight excluding hydrogens is 172 g/mol. The SMILES string of the molecule is Cc1nn(C)c(C)c1CC(C)C(C)C. The van der Waals surface area contributed by atoms with Crippen LogP contribution in [0.15, 0.2) is 0 Å². The van der Waals surface area contributed by atoms with E-state index in [-0.39, 0.29) is 0 Å². The van der Waals surface area contributed by atoms with E-state index in [0.717, 1.165) is 18.3 Å². The highest BCUT2D eigenvalue weighted by atomic mass is 15.3. The molecule has 1 atom stereocenters. The zero-order valence-corrected chi connectivity index (χ0v) is 10.3. The first-order valence-corrected chi connectivity index (χ1v) is 5.42. The van der Waals surface area contributed by atoms with Gasteiger partial charge in [-0.25, -0.2) is 0 Å². The van der Waals surface area contributed by atoms with Crippen molar-refractivity contribution < 1.29 is 0 Å². The third-order valence-corrected chi connectivity index (χ3v) is 3.32. The summed E-state index contributed by atoms with van der Waals surface area (Å²) in [6, 6.07) is 0. The minimum Gasteiger partial charge on any atom is -0.272 e. The molecule has 1 aromatic rings. The van der Waals surface area contributed by atoms with Crippen LogP contribution in [0.2, 0.25) is 0 Å². The molecule has 80 valence electrons. The Morgan fingerprint density at radius 3 is 2.14 bits per heavy atom. The number of rotatable bonds is 3. The molecular formula is C12H22N2. The van der Waals surface area contributed by atoms with E-state index in [9.17, 15) is 0 Å². The first-order valence-electron chi connectivity index (χ1n) is 5.42. The minimum atomic E-state index is 0.733. The fourth-order valence-corrected chi connectivity index (χ4v) is 1.67. The van der Waals surface area contributed by atoms with Crippen molar-refractivity contribution in [3.8, 4) is 0 Å². The lowest BCUT2D eigenvalue weighted by Gasteiger charge is -2.15. The van der Waals surface area contributed by atoms with E-state index in [4.69, 9.17) is 0 Å². The molecule has 0 saturated heterocycles. The zero-order valence-electron chi connectivity index (χ0n) is 10.3. The van der Waals surface area contributed by atoms with Crippen LogP contribution in [0, 0.1) is 25.7 Å². The van der Waals surface area contributed by atoms with Gasteiger partial charge in [0, 0.05) is 12.7 Å². The molecule has 0 spiro atoms. The van der Waals surface area contributed by atoms with Crippen LogP contribution in [-0.2, 0) is 13.5 Å². The average molecular weight is 194 g/mol. The second-order valence-electron chi connectivity index (χ2n) is 4.70. The van der Waals surface area contributed by atoms with Crippen molar-refractivity contribution in [3.63, 3.8) is 0 Å². The maximum Gasteiger partial charge on any atom is 0.0628 e. The summed E-state index contributed by atoms with van der Waals surface area (Å²) in [5.74, 6) is 1.48. The maximum atomic E-state index is 4.44. The van der Waals surface area contributed by atoms with Crippen molar-refractivity contribution in [1.82, 2.24) is 9.78 Å². The predicted octanol–water partition coefficient (Wildman–Crippen LogP) is 2.87. The molecule has 2 heteroatoms. The van der Waals surface area contributed by atoms with Crippen LogP contribution < -0.4 is 0 Å². The Morgan fingerprint density at radius 1 is 1.21 bits per heavy atom. The third kappa shape index (κ3) is 2.17. The van der Waals surface area contributed by atoms with Crippen LogP contribution in [0.3, 0.4) is 0 Å². The van der Waals surface area contributed by atoms with E-state index in [1.807, 2.05) is 11.7 Å². The number of hydrogen-bond donors (Lipinski definition) is 0. The molecule has 0 radical (unpaired) electrons. The molecule has 0 saturated carbocycles. The molecule has 0 aliphatic rings. The van der Waals surface area contributed by atoms with Crippen LogP contribution in [0.1, 0.15) is 37.7 Å². The van der Waals surface area contributed by atoms with Gasteiger partial charge in [-0.15, -0.1) is 0 Å². The van der Waals surface area contributed by atoms with Crippen LogP contribution in [0.4, 0.5) is 0 Å². The monoisotopic (exact) mass is 194 g/mol. The smallest absolute Gasteiger partial charge is 0.0628 e. The maximum absolute atomic E-state index is 4.44. The standard InChI is InChI=1S/C12H22N2/c1-8(2)9(3)7-12-10(4)13-14(6)11(12)5/h8-9H,7H2,1-6H3. The highest BCUT2D eigenvalue weighted by Crippen LogP contribution is 2.21. The molecule has 2 nitrogen and oxygen atoms in total. The molecule has 0 amide bonds. The Labute approximate surface area is 87.3 Å². The van der Waals surface area contributed by atoms with Gasteiger partial charge in [0.1, 0.15) is 0 Å². The lowest BCUT2D eigenvalue weighted by molar-refractivity contribution is 0.416. The quantitative estimate of drug-likeness (QED) is 0.723. The van der Waals surface area contributed by atoms with Crippen molar-refractivity contribution in [2.24, 2.45) is 18.9 Å². The summed E-state index contributed by atoms with van der Waals surface area (Å²) < 4.78 is 1.98.